The highest BCUT2D eigenvalue weighted by Crippen LogP contribution is 2.36. The molecule has 0 amide bonds. The average Bonchev–Trinajstić information content (AvgIpc) is 2.65. The topological polar surface area (TPSA) is 24.4 Å². The van der Waals surface area contributed by atoms with Crippen LogP contribution in [0.25, 0.3) is 10.8 Å². The highest BCUT2D eigenvalue weighted by molar-refractivity contribution is 14.2. The van der Waals surface area contributed by atoms with Crippen molar-refractivity contribution >= 4 is 37.5 Å². The van der Waals surface area contributed by atoms with Gasteiger partial charge in [-0.3, -0.25) is 5.43 Å². The molecule has 3 rings (SSSR count). The number of halogens is 1. The monoisotopic (exact) mass is 296 g/mol. The van der Waals surface area contributed by atoms with Crippen molar-refractivity contribution in [1.29, 1.82) is 0 Å². The van der Waals surface area contributed by atoms with Crippen molar-refractivity contribution in [2.75, 3.05) is 5.43 Å². The van der Waals surface area contributed by atoms with Crippen molar-refractivity contribution in [2.24, 2.45) is 3.25 Å². The number of nitrogens with one attached hydrogen (secondary N) is 1. The molecule has 70 valence electrons. The largest absolute Gasteiger partial charge is 0.272 e. The molecule has 2 aromatic rings. The molecule has 0 radical (unpaired) electrons. The summed E-state index contributed by atoms with van der Waals surface area (Å²) in [6.45, 7) is 2.13. The molecule has 0 spiro atoms. The molecule has 2 nitrogen and oxygen atoms in total. The molecule has 0 unspecified atom stereocenters. The predicted octanol–water partition coefficient (Wildman–Crippen LogP) is 3.81. The number of hydrogen-bond acceptors (Lipinski definition) is 2. The molecule has 0 bridgehead atoms. The summed E-state index contributed by atoms with van der Waals surface area (Å²) >= 11 is -0.176. The molecule has 1 heterocycles. The second kappa shape index (κ2) is 3.02. The van der Waals surface area contributed by atoms with Crippen molar-refractivity contribution in [3.05, 3.63) is 39.5 Å². The minimum Gasteiger partial charge on any atom is -0.272 e. The molecular weight excluding hydrogens is 287 g/mol. The van der Waals surface area contributed by atoms with Crippen LogP contribution in [0.15, 0.2) is 33.6 Å². The number of nitrogens with zero attached hydrogens (tertiary/aromatic N) is 1. The third-order valence-corrected chi connectivity index (χ3v) is 4.53. The van der Waals surface area contributed by atoms with Gasteiger partial charge in [0.15, 0.2) is 0 Å². The Hall–Kier alpha value is -0.970. The van der Waals surface area contributed by atoms with Gasteiger partial charge in [-0.25, -0.2) is 0 Å². The standard InChI is InChI=1S/C11H9IN2/c1-7-2-4-9-8(6-7)3-5-10-11(9)12-14-13-10/h2-6,13H,1H3. The van der Waals surface area contributed by atoms with Crippen molar-refractivity contribution in [3.63, 3.8) is 0 Å². The van der Waals surface area contributed by atoms with E-state index in [1.165, 1.54) is 25.6 Å². The first-order valence-corrected chi connectivity index (χ1v) is 6.52. The third-order valence-electron chi connectivity index (χ3n) is 2.40. The normalized spacial score (nSPS) is 13.5. The lowest BCUT2D eigenvalue weighted by Gasteiger charge is -2.03. The minimum atomic E-state index is -0.176. The van der Waals surface area contributed by atoms with Crippen LogP contribution in [-0.2, 0) is 0 Å². The maximum absolute atomic E-state index is 4.28. The number of anilines is 1. The van der Waals surface area contributed by atoms with Crippen LogP contribution in [0.5, 0.6) is 0 Å². The molecule has 1 aliphatic heterocycles. The van der Waals surface area contributed by atoms with E-state index >= 15 is 0 Å². The molecule has 0 saturated heterocycles. The zero-order valence-electron chi connectivity index (χ0n) is 7.71. The maximum atomic E-state index is 4.28. The van der Waals surface area contributed by atoms with Crippen LogP contribution in [0.1, 0.15) is 5.56 Å². The van der Waals surface area contributed by atoms with E-state index in [4.69, 9.17) is 0 Å². The van der Waals surface area contributed by atoms with Crippen LogP contribution in [0.2, 0.25) is 0 Å². The number of aryl methyl sites for hydroxylation is 1. The molecule has 1 N–H and O–H groups in total. The van der Waals surface area contributed by atoms with E-state index in [2.05, 4.69) is 45.9 Å². The molecule has 3 heteroatoms. The maximum Gasteiger partial charge on any atom is 0.0717 e. The van der Waals surface area contributed by atoms with Gasteiger partial charge in [-0.15, -0.1) is 3.25 Å². The summed E-state index contributed by atoms with van der Waals surface area (Å²) in [4.78, 5) is 0. The van der Waals surface area contributed by atoms with E-state index in [0.29, 0.717) is 0 Å². The first kappa shape index (κ1) is 8.35. The number of benzene rings is 2. The molecule has 0 aliphatic carbocycles. The zero-order chi connectivity index (χ0) is 9.54. The quantitative estimate of drug-likeness (QED) is 0.734. The van der Waals surface area contributed by atoms with Crippen LogP contribution in [-0.4, -0.2) is 0 Å². The fraction of sp³-hybridized carbons (Fsp3) is 0.0909. The van der Waals surface area contributed by atoms with Gasteiger partial charge >= 0.3 is 0 Å². The molecule has 14 heavy (non-hydrogen) atoms. The van der Waals surface area contributed by atoms with Crippen LogP contribution < -0.4 is 5.43 Å². The minimum absolute atomic E-state index is 0.176. The SMILES string of the molecule is Cc1ccc2c3c(ccc2c1)NN=I3. The van der Waals surface area contributed by atoms with Crippen LogP contribution in [0.4, 0.5) is 5.69 Å². The molecule has 0 atom stereocenters. The molecular formula is C11H9IN2. The van der Waals surface area contributed by atoms with Crippen molar-refractivity contribution < 1.29 is 0 Å². The Morgan fingerprint density at radius 3 is 3.07 bits per heavy atom. The van der Waals surface area contributed by atoms with E-state index < -0.39 is 0 Å². The average molecular weight is 296 g/mol. The lowest BCUT2D eigenvalue weighted by Crippen LogP contribution is -1.85. The van der Waals surface area contributed by atoms with Gasteiger partial charge in [0, 0.05) is 0 Å². The van der Waals surface area contributed by atoms with Crippen LogP contribution in [0, 0.1) is 10.5 Å². The molecule has 0 aromatic heterocycles. The molecule has 0 saturated carbocycles. The fourth-order valence-corrected chi connectivity index (χ4v) is 3.63. The van der Waals surface area contributed by atoms with E-state index in [9.17, 15) is 0 Å². The van der Waals surface area contributed by atoms with Crippen molar-refractivity contribution in [3.8, 4) is 0 Å². The predicted molar refractivity (Wildman–Crippen MR) is 67.5 cm³/mol. The van der Waals surface area contributed by atoms with Gasteiger partial charge in [0.2, 0.25) is 0 Å². The summed E-state index contributed by atoms with van der Waals surface area (Å²) in [5, 5.41) is 2.71. The summed E-state index contributed by atoms with van der Waals surface area (Å²) in [6, 6.07) is 10.9. The van der Waals surface area contributed by atoms with Gasteiger partial charge in [-0.05, 0) is 23.8 Å². The second-order valence-electron chi connectivity index (χ2n) is 3.43. The third kappa shape index (κ3) is 1.15. The van der Waals surface area contributed by atoms with Crippen molar-refractivity contribution in [1.82, 2.24) is 0 Å². The van der Waals surface area contributed by atoms with Gasteiger partial charge in [0.05, 0.1) is 30.3 Å². The molecule has 0 fully saturated rings. The van der Waals surface area contributed by atoms with Gasteiger partial charge in [-0.1, -0.05) is 29.8 Å². The van der Waals surface area contributed by atoms with Crippen LogP contribution in [0.3, 0.4) is 0 Å². The second-order valence-corrected chi connectivity index (χ2v) is 5.48. The summed E-state index contributed by atoms with van der Waals surface area (Å²) < 4.78 is 5.72. The summed E-state index contributed by atoms with van der Waals surface area (Å²) in [6.07, 6.45) is 0. The van der Waals surface area contributed by atoms with Crippen molar-refractivity contribution in [2.45, 2.75) is 6.92 Å². The highest BCUT2D eigenvalue weighted by atomic mass is 127. The Morgan fingerprint density at radius 1 is 1.21 bits per heavy atom. The zero-order valence-corrected chi connectivity index (χ0v) is 9.87. The molecule has 1 aliphatic rings. The van der Waals surface area contributed by atoms with Gasteiger partial charge in [0.1, 0.15) is 0 Å². The van der Waals surface area contributed by atoms with E-state index in [0.717, 1.165) is 0 Å². The lowest BCUT2D eigenvalue weighted by atomic mass is 10.1. The van der Waals surface area contributed by atoms with E-state index in [1.807, 2.05) is 0 Å². The Morgan fingerprint density at radius 2 is 2.14 bits per heavy atom. The summed E-state index contributed by atoms with van der Waals surface area (Å²) in [5.41, 5.74) is 5.60. The number of rotatable bonds is 0. The van der Waals surface area contributed by atoms with E-state index in [-0.39, 0.29) is 21.0 Å². The first-order chi connectivity index (χ1) is 6.84. The first-order valence-electron chi connectivity index (χ1n) is 4.48. The van der Waals surface area contributed by atoms with Crippen LogP contribution >= 0.6 is 21.0 Å². The Kier molecular flexibility index (Phi) is 1.80. The lowest BCUT2D eigenvalue weighted by molar-refractivity contribution is 1.41. The number of hydrogen-bond donors (Lipinski definition) is 1. The molecule has 2 aromatic carbocycles. The number of fused-ring (bicyclic) bond motifs is 3. The Balaban J connectivity index is 2.44. The van der Waals surface area contributed by atoms with E-state index in [1.54, 1.807) is 0 Å². The Bertz CT molecular complexity index is 546. The van der Waals surface area contributed by atoms with Gasteiger partial charge in [-0.2, -0.15) is 0 Å². The van der Waals surface area contributed by atoms with Gasteiger partial charge in [0.25, 0.3) is 0 Å². The van der Waals surface area contributed by atoms with Gasteiger partial charge < -0.3 is 0 Å². The smallest absolute Gasteiger partial charge is 0.0717 e. The summed E-state index contributed by atoms with van der Waals surface area (Å²) in [7, 11) is 0. The summed E-state index contributed by atoms with van der Waals surface area (Å²) in [5.74, 6) is 0. The Labute approximate surface area is 92.5 Å². The highest BCUT2D eigenvalue weighted by Gasteiger charge is 2.10. The fourth-order valence-electron chi connectivity index (χ4n) is 1.70.